The van der Waals surface area contributed by atoms with E-state index in [1.165, 1.54) is 0 Å². The van der Waals surface area contributed by atoms with Crippen LogP contribution in [0.1, 0.15) is 10.4 Å². The summed E-state index contributed by atoms with van der Waals surface area (Å²) in [6.45, 7) is 0. The quantitative estimate of drug-likeness (QED) is 0.828. The highest BCUT2D eigenvalue weighted by Gasteiger charge is 2.07. The van der Waals surface area contributed by atoms with Crippen molar-refractivity contribution in [2.45, 2.75) is 0 Å². The van der Waals surface area contributed by atoms with Gasteiger partial charge in [-0.05, 0) is 48.6 Å². The van der Waals surface area contributed by atoms with E-state index in [0.29, 0.717) is 5.56 Å². The summed E-state index contributed by atoms with van der Waals surface area (Å²) in [5.74, 6) is -0.256. The Bertz CT molecular complexity index is 587. The molecular formula is C13H10BrN3OS. The fraction of sp³-hybridized carbons (Fsp3) is 0. The van der Waals surface area contributed by atoms with Crippen molar-refractivity contribution < 1.29 is 4.79 Å². The summed E-state index contributed by atoms with van der Waals surface area (Å²) in [7, 11) is 0. The zero-order valence-electron chi connectivity index (χ0n) is 9.76. The summed E-state index contributed by atoms with van der Waals surface area (Å²) in [4.78, 5) is 15.8. The third-order valence-corrected chi connectivity index (χ3v) is 2.99. The Morgan fingerprint density at radius 2 is 1.95 bits per heavy atom. The zero-order chi connectivity index (χ0) is 13.7. The second kappa shape index (κ2) is 6.40. The van der Waals surface area contributed by atoms with Crippen molar-refractivity contribution in [2.24, 2.45) is 0 Å². The van der Waals surface area contributed by atoms with E-state index >= 15 is 0 Å². The van der Waals surface area contributed by atoms with E-state index in [9.17, 15) is 4.79 Å². The summed E-state index contributed by atoms with van der Waals surface area (Å²) in [6.07, 6.45) is 3.28. The summed E-state index contributed by atoms with van der Waals surface area (Å²) in [6, 6.07) is 10.6. The Labute approximate surface area is 124 Å². The van der Waals surface area contributed by atoms with Crippen LogP contribution in [0.3, 0.4) is 0 Å². The van der Waals surface area contributed by atoms with Crippen LogP contribution in [0.2, 0.25) is 0 Å². The highest BCUT2D eigenvalue weighted by atomic mass is 79.9. The Morgan fingerprint density at radius 3 is 2.58 bits per heavy atom. The molecule has 1 aromatic heterocycles. The molecule has 2 N–H and O–H groups in total. The van der Waals surface area contributed by atoms with Crippen LogP contribution in [0, 0.1) is 0 Å². The smallest absolute Gasteiger partial charge is 0.257 e. The minimum atomic E-state index is -0.256. The first-order valence-electron chi connectivity index (χ1n) is 5.43. The molecule has 1 heterocycles. The molecule has 0 spiro atoms. The number of hydrogen-bond donors (Lipinski definition) is 2. The molecule has 0 atom stereocenters. The third-order valence-electron chi connectivity index (χ3n) is 2.25. The van der Waals surface area contributed by atoms with Gasteiger partial charge >= 0.3 is 0 Å². The molecule has 0 saturated carbocycles. The fourth-order valence-corrected chi connectivity index (χ4v) is 1.85. The molecular weight excluding hydrogens is 326 g/mol. The van der Waals surface area contributed by atoms with Crippen molar-refractivity contribution in [2.75, 3.05) is 5.32 Å². The number of nitrogens with zero attached hydrogens (tertiary/aromatic N) is 1. The minimum Gasteiger partial charge on any atom is -0.331 e. The van der Waals surface area contributed by atoms with E-state index in [2.05, 4.69) is 31.5 Å². The van der Waals surface area contributed by atoms with Gasteiger partial charge in [0.25, 0.3) is 5.91 Å². The lowest BCUT2D eigenvalue weighted by Gasteiger charge is -2.09. The van der Waals surface area contributed by atoms with Gasteiger partial charge in [-0.3, -0.25) is 15.1 Å². The van der Waals surface area contributed by atoms with Crippen LogP contribution in [0.5, 0.6) is 0 Å². The molecule has 2 aromatic rings. The van der Waals surface area contributed by atoms with Crippen LogP contribution in [0.4, 0.5) is 5.69 Å². The largest absolute Gasteiger partial charge is 0.331 e. The zero-order valence-corrected chi connectivity index (χ0v) is 12.2. The number of carbonyl (C=O) groups is 1. The average Bonchev–Trinajstić information content (AvgIpc) is 2.40. The number of amides is 1. The van der Waals surface area contributed by atoms with Gasteiger partial charge < -0.3 is 5.32 Å². The van der Waals surface area contributed by atoms with Gasteiger partial charge in [-0.1, -0.05) is 15.9 Å². The lowest BCUT2D eigenvalue weighted by molar-refractivity contribution is 0.0977. The molecule has 0 aliphatic heterocycles. The molecule has 0 fully saturated rings. The molecule has 0 aliphatic rings. The lowest BCUT2D eigenvalue weighted by Crippen LogP contribution is -2.34. The van der Waals surface area contributed by atoms with E-state index in [1.54, 1.807) is 42.7 Å². The van der Waals surface area contributed by atoms with E-state index < -0.39 is 0 Å². The van der Waals surface area contributed by atoms with Crippen molar-refractivity contribution in [3.05, 3.63) is 58.8 Å². The predicted molar refractivity (Wildman–Crippen MR) is 82.1 cm³/mol. The predicted octanol–water partition coefficient (Wildman–Crippen LogP) is 2.97. The maximum atomic E-state index is 11.9. The molecule has 0 aliphatic carbocycles. The first-order valence-corrected chi connectivity index (χ1v) is 6.63. The van der Waals surface area contributed by atoms with Crippen molar-refractivity contribution >= 4 is 44.9 Å². The topological polar surface area (TPSA) is 54.0 Å². The number of halogens is 1. The monoisotopic (exact) mass is 335 g/mol. The third kappa shape index (κ3) is 4.11. The molecule has 2 rings (SSSR count). The summed E-state index contributed by atoms with van der Waals surface area (Å²) < 4.78 is 0.917. The van der Waals surface area contributed by atoms with Gasteiger partial charge in [0, 0.05) is 16.2 Å². The number of aromatic nitrogens is 1. The number of thiocarbonyl (C=S) groups is 1. The Balaban J connectivity index is 1.95. The maximum Gasteiger partial charge on any atom is 0.257 e. The van der Waals surface area contributed by atoms with Crippen LogP contribution >= 0.6 is 28.1 Å². The molecule has 0 radical (unpaired) electrons. The molecule has 1 aromatic carbocycles. The van der Waals surface area contributed by atoms with E-state index in [1.807, 2.05) is 6.07 Å². The maximum absolute atomic E-state index is 11.9. The molecule has 96 valence electrons. The van der Waals surface area contributed by atoms with Crippen LogP contribution < -0.4 is 10.6 Å². The van der Waals surface area contributed by atoms with Gasteiger partial charge in [-0.2, -0.15) is 0 Å². The molecule has 0 saturated heterocycles. The number of carbonyl (C=O) groups excluding carboxylic acids is 1. The number of benzene rings is 1. The summed E-state index contributed by atoms with van der Waals surface area (Å²) in [5.41, 5.74) is 1.27. The molecule has 19 heavy (non-hydrogen) atoms. The van der Waals surface area contributed by atoms with Gasteiger partial charge in [0.15, 0.2) is 5.11 Å². The van der Waals surface area contributed by atoms with Gasteiger partial charge in [0.2, 0.25) is 0 Å². The Morgan fingerprint density at radius 1 is 1.21 bits per heavy atom. The van der Waals surface area contributed by atoms with Crippen molar-refractivity contribution in [1.29, 1.82) is 0 Å². The molecule has 6 heteroatoms. The number of rotatable bonds is 2. The standard InChI is InChI=1S/C13H10BrN3OS/c14-10-5-3-9(4-6-10)12(18)17-13(19)16-11-2-1-7-15-8-11/h1-8H,(H2,16,17,18,19). The lowest BCUT2D eigenvalue weighted by atomic mass is 10.2. The highest BCUT2D eigenvalue weighted by Crippen LogP contribution is 2.10. The van der Waals surface area contributed by atoms with Crippen LogP contribution in [0.25, 0.3) is 0 Å². The van der Waals surface area contributed by atoms with E-state index in [4.69, 9.17) is 12.2 Å². The number of anilines is 1. The minimum absolute atomic E-state index is 0.237. The molecule has 4 nitrogen and oxygen atoms in total. The highest BCUT2D eigenvalue weighted by molar-refractivity contribution is 9.10. The van der Waals surface area contributed by atoms with Crippen molar-refractivity contribution in [3.8, 4) is 0 Å². The van der Waals surface area contributed by atoms with Gasteiger partial charge in [-0.25, -0.2) is 0 Å². The second-order valence-corrected chi connectivity index (χ2v) is 4.98. The fourth-order valence-electron chi connectivity index (χ4n) is 1.38. The Hall–Kier alpha value is -1.79. The Kier molecular flexibility index (Phi) is 4.59. The first-order chi connectivity index (χ1) is 9.15. The van der Waals surface area contributed by atoms with E-state index in [-0.39, 0.29) is 11.0 Å². The summed E-state index contributed by atoms with van der Waals surface area (Å²) in [5, 5.41) is 5.72. The SMILES string of the molecule is O=C(NC(=S)Nc1cccnc1)c1ccc(Br)cc1. The van der Waals surface area contributed by atoms with Gasteiger partial charge in [0.1, 0.15) is 0 Å². The van der Waals surface area contributed by atoms with Crippen molar-refractivity contribution in [3.63, 3.8) is 0 Å². The average molecular weight is 336 g/mol. The molecule has 1 amide bonds. The summed E-state index contributed by atoms with van der Waals surface area (Å²) >= 11 is 8.37. The normalized spacial score (nSPS) is 9.74. The molecule has 0 bridgehead atoms. The van der Waals surface area contributed by atoms with E-state index in [0.717, 1.165) is 10.2 Å². The van der Waals surface area contributed by atoms with Crippen LogP contribution in [0.15, 0.2) is 53.3 Å². The van der Waals surface area contributed by atoms with Crippen molar-refractivity contribution in [1.82, 2.24) is 10.3 Å². The van der Waals surface area contributed by atoms with Gasteiger partial charge in [-0.15, -0.1) is 0 Å². The number of pyridine rings is 1. The number of hydrogen-bond acceptors (Lipinski definition) is 3. The van der Waals surface area contributed by atoms with Crippen LogP contribution in [-0.2, 0) is 0 Å². The van der Waals surface area contributed by atoms with Gasteiger partial charge in [0.05, 0.1) is 11.9 Å². The first kappa shape index (κ1) is 13.6. The molecule has 0 unspecified atom stereocenters. The number of nitrogens with one attached hydrogen (secondary N) is 2. The van der Waals surface area contributed by atoms with Crippen LogP contribution in [-0.4, -0.2) is 16.0 Å². The second-order valence-electron chi connectivity index (χ2n) is 3.66.